The molecule has 0 aliphatic carbocycles. The molecule has 1 saturated heterocycles. The highest BCUT2D eigenvalue weighted by Crippen LogP contribution is 2.12. The summed E-state index contributed by atoms with van der Waals surface area (Å²) >= 11 is 0. The Morgan fingerprint density at radius 2 is 1.44 bits per heavy atom. The van der Waals surface area contributed by atoms with Crippen molar-refractivity contribution < 1.29 is 18.3 Å². The van der Waals surface area contributed by atoms with Crippen LogP contribution in [0.15, 0.2) is 48.5 Å². The van der Waals surface area contributed by atoms with Crippen LogP contribution in [0.1, 0.15) is 5.56 Å². The van der Waals surface area contributed by atoms with Gasteiger partial charge < -0.3 is 9.64 Å². The van der Waals surface area contributed by atoms with Crippen molar-refractivity contribution in [3.05, 3.63) is 65.7 Å². The number of hydrogen-bond donors (Lipinski definition) is 0. The van der Waals surface area contributed by atoms with Crippen LogP contribution in [-0.2, 0) is 11.3 Å². The molecule has 0 radical (unpaired) electrons. The van der Waals surface area contributed by atoms with Crippen LogP contribution in [-0.4, -0.2) is 48.5 Å². The molecule has 0 bridgehead atoms. The van der Waals surface area contributed by atoms with Gasteiger partial charge >= 0.3 is 0 Å². The first kappa shape index (κ1) is 17.4. The van der Waals surface area contributed by atoms with Crippen molar-refractivity contribution in [2.24, 2.45) is 0 Å². The number of amides is 1. The number of halogens is 2. The van der Waals surface area contributed by atoms with E-state index < -0.39 is 0 Å². The number of carbonyl (C=O) groups is 1. The smallest absolute Gasteiger partial charge is 0.260 e. The van der Waals surface area contributed by atoms with Gasteiger partial charge in [-0.2, -0.15) is 0 Å². The molecule has 0 spiro atoms. The van der Waals surface area contributed by atoms with Gasteiger partial charge in [-0.25, -0.2) is 8.78 Å². The average Bonchev–Trinajstić information content (AvgIpc) is 2.63. The summed E-state index contributed by atoms with van der Waals surface area (Å²) in [7, 11) is 0. The maximum Gasteiger partial charge on any atom is 0.260 e. The third-order valence-electron chi connectivity index (χ3n) is 4.22. The van der Waals surface area contributed by atoms with E-state index in [1.807, 2.05) is 0 Å². The van der Waals surface area contributed by atoms with E-state index in [-0.39, 0.29) is 24.1 Å². The molecular formula is C19H20F2N2O2. The number of ether oxygens (including phenoxy) is 1. The Morgan fingerprint density at radius 1 is 0.880 bits per heavy atom. The molecule has 0 unspecified atom stereocenters. The van der Waals surface area contributed by atoms with Gasteiger partial charge in [0.05, 0.1) is 0 Å². The zero-order valence-electron chi connectivity index (χ0n) is 13.8. The molecule has 1 amide bonds. The van der Waals surface area contributed by atoms with Gasteiger partial charge in [0, 0.05) is 32.7 Å². The van der Waals surface area contributed by atoms with Gasteiger partial charge in [-0.3, -0.25) is 9.69 Å². The lowest BCUT2D eigenvalue weighted by Crippen LogP contribution is -2.49. The predicted molar refractivity (Wildman–Crippen MR) is 90.2 cm³/mol. The fraction of sp³-hybridized carbons (Fsp3) is 0.316. The van der Waals surface area contributed by atoms with Crippen LogP contribution >= 0.6 is 0 Å². The number of rotatable bonds is 5. The van der Waals surface area contributed by atoms with Crippen LogP contribution in [0.3, 0.4) is 0 Å². The zero-order chi connectivity index (χ0) is 17.6. The molecule has 4 nitrogen and oxygen atoms in total. The summed E-state index contributed by atoms with van der Waals surface area (Å²) in [5.74, 6) is -0.174. The average molecular weight is 346 g/mol. The molecular weight excluding hydrogens is 326 g/mol. The van der Waals surface area contributed by atoms with E-state index >= 15 is 0 Å². The largest absolute Gasteiger partial charge is 0.484 e. The molecule has 25 heavy (non-hydrogen) atoms. The monoisotopic (exact) mass is 346 g/mol. The molecule has 2 aromatic carbocycles. The lowest BCUT2D eigenvalue weighted by Gasteiger charge is -2.34. The molecule has 0 aromatic heterocycles. The highest BCUT2D eigenvalue weighted by molar-refractivity contribution is 5.77. The molecule has 6 heteroatoms. The summed E-state index contributed by atoms with van der Waals surface area (Å²) in [5, 5.41) is 0. The molecule has 1 aliphatic heterocycles. The second-order valence-electron chi connectivity index (χ2n) is 6.03. The molecule has 1 heterocycles. The summed E-state index contributed by atoms with van der Waals surface area (Å²) < 4.78 is 31.2. The van der Waals surface area contributed by atoms with Crippen molar-refractivity contribution in [3.8, 4) is 5.75 Å². The number of carbonyl (C=O) groups excluding carboxylic acids is 1. The van der Waals surface area contributed by atoms with E-state index in [0.717, 1.165) is 25.2 Å². The van der Waals surface area contributed by atoms with Gasteiger partial charge in [0.25, 0.3) is 5.91 Å². The van der Waals surface area contributed by atoms with Crippen LogP contribution < -0.4 is 4.74 Å². The van der Waals surface area contributed by atoms with Gasteiger partial charge in [-0.05, 0) is 42.0 Å². The Kier molecular flexibility index (Phi) is 5.60. The lowest BCUT2D eigenvalue weighted by molar-refractivity contribution is -0.135. The fourth-order valence-electron chi connectivity index (χ4n) is 2.77. The van der Waals surface area contributed by atoms with Crippen molar-refractivity contribution in [2.75, 3.05) is 32.8 Å². The molecule has 132 valence electrons. The van der Waals surface area contributed by atoms with Gasteiger partial charge in [0.1, 0.15) is 17.4 Å². The number of piperazine rings is 1. The predicted octanol–water partition coefficient (Wildman–Crippen LogP) is 2.69. The maximum atomic E-state index is 12.9. The van der Waals surface area contributed by atoms with Crippen molar-refractivity contribution in [1.82, 2.24) is 9.80 Å². The van der Waals surface area contributed by atoms with Crippen molar-refractivity contribution in [3.63, 3.8) is 0 Å². The Hall–Kier alpha value is -2.47. The Bertz CT molecular complexity index is 696. The summed E-state index contributed by atoms with van der Waals surface area (Å²) in [6, 6.07) is 12.1. The molecule has 1 fully saturated rings. The minimum atomic E-state index is -0.337. The van der Waals surface area contributed by atoms with E-state index in [1.54, 1.807) is 17.0 Å². The topological polar surface area (TPSA) is 32.8 Å². The minimum absolute atomic E-state index is 0.0520. The first-order valence-electron chi connectivity index (χ1n) is 8.23. The van der Waals surface area contributed by atoms with Crippen LogP contribution in [0.2, 0.25) is 0 Å². The molecule has 0 N–H and O–H groups in total. The minimum Gasteiger partial charge on any atom is -0.484 e. The van der Waals surface area contributed by atoms with E-state index in [4.69, 9.17) is 4.74 Å². The van der Waals surface area contributed by atoms with Crippen molar-refractivity contribution in [1.29, 1.82) is 0 Å². The normalized spacial score (nSPS) is 15.2. The SMILES string of the molecule is O=C(COc1ccc(F)cc1)N1CCN(Cc2ccc(F)cc2)CC1. The van der Waals surface area contributed by atoms with Crippen molar-refractivity contribution in [2.45, 2.75) is 6.54 Å². The van der Waals surface area contributed by atoms with E-state index in [1.165, 1.54) is 36.4 Å². The van der Waals surface area contributed by atoms with Gasteiger partial charge in [0.2, 0.25) is 0 Å². The Morgan fingerprint density at radius 3 is 2.04 bits per heavy atom. The Labute approximate surface area is 145 Å². The number of benzene rings is 2. The zero-order valence-corrected chi connectivity index (χ0v) is 13.8. The summed E-state index contributed by atoms with van der Waals surface area (Å²) in [5.41, 5.74) is 1.06. The second kappa shape index (κ2) is 8.07. The van der Waals surface area contributed by atoms with Crippen LogP contribution in [0.4, 0.5) is 8.78 Å². The van der Waals surface area contributed by atoms with Crippen LogP contribution in [0, 0.1) is 11.6 Å². The lowest BCUT2D eigenvalue weighted by atomic mass is 10.2. The third kappa shape index (κ3) is 5.00. The second-order valence-corrected chi connectivity index (χ2v) is 6.03. The molecule has 0 saturated carbocycles. The molecule has 3 rings (SSSR count). The van der Waals surface area contributed by atoms with Gasteiger partial charge in [-0.15, -0.1) is 0 Å². The molecule has 2 aromatic rings. The van der Waals surface area contributed by atoms with Crippen LogP contribution in [0.5, 0.6) is 5.75 Å². The first-order chi connectivity index (χ1) is 12.1. The summed E-state index contributed by atoms with van der Waals surface area (Å²) in [6.45, 7) is 3.48. The molecule has 1 aliphatic rings. The van der Waals surface area contributed by atoms with E-state index in [2.05, 4.69) is 4.90 Å². The van der Waals surface area contributed by atoms with E-state index in [9.17, 15) is 13.6 Å². The third-order valence-corrected chi connectivity index (χ3v) is 4.22. The number of hydrogen-bond acceptors (Lipinski definition) is 3. The quantitative estimate of drug-likeness (QED) is 0.835. The highest BCUT2D eigenvalue weighted by Gasteiger charge is 2.21. The molecule has 0 atom stereocenters. The Balaban J connectivity index is 1.42. The highest BCUT2D eigenvalue weighted by atomic mass is 19.1. The number of nitrogens with zero attached hydrogens (tertiary/aromatic N) is 2. The van der Waals surface area contributed by atoms with Gasteiger partial charge in [-0.1, -0.05) is 12.1 Å². The summed E-state index contributed by atoms with van der Waals surface area (Å²) in [6.07, 6.45) is 0. The maximum absolute atomic E-state index is 12.9. The van der Waals surface area contributed by atoms with Crippen molar-refractivity contribution >= 4 is 5.91 Å². The first-order valence-corrected chi connectivity index (χ1v) is 8.23. The standard InChI is InChI=1S/C19H20F2N2O2/c20-16-3-1-15(2-4-16)13-22-9-11-23(12-10-22)19(24)14-25-18-7-5-17(21)6-8-18/h1-8H,9-14H2. The van der Waals surface area contributed by atoms with E-state index in [0.29, 0.717) is 18.8 Å². The fourth-order valence-corrected chi connectivity index (χ4v) is 2.77. The van der Waals surface area contributed by atoms with Crippen LogP contribution in [0.25, 0.3) is 0 Å². The van der Waals surface area contributed by atoms with Gasteiger partial charge in [0.15, 0.2) is 6.61 Å². The summed E-state index contributed by atoms with van der Waals surface area (Å²) in [4.78, 5) is 16.2.